The Balaban J connectivity index is 1.53. The quantitative estimate of drug-likeness (QED) is 0.819. The number of likely N-dealkylation sites (tertiary alicyclic amines) is 1. The molecule has 7 nitrogen and oxygen atoms in total. The number of aromatic nitrogens is 1. The maximum absolute atomic E-state index is 12.2. The first kappa shape index (κ1) is 17.7. The number of hydrogen-bond donors (Lipinski definition) is 1. The molecular formula is C19H21N3O4. The Kier molecular flexibility index (Phi) is 5.36. The van der Waals surface area contributed by atoms with Crippen molar-refractivity contribution < 1.29 is 19.1 Å². The first-order valence-corrected chi connectivity index (χ1v) is 8.52. The maximum Gasteiger partial charge on any atom is 0.338 e. The molecule has 0 spiro atoms. The third-order valence-electron chi connectivity index (χ3n) is 4.51. The zero-order valence-corrected chi connectivity index (χ0v) is 14.3. The molecule has 0 radical (unpaired) electrons. The van der Waals surface area contributed by atoms with Gasteiger partial charge in [0.2, 0.25) is 5.91 Å². The largest absolute Gasteiger partial charge is 0.452 e. The van der Waals surface area contributed by atoms with Crippen LogP contribution in [-0.4, -0.2) is 46.9 Å². The molecule has 2 aromatic rings. The van der Waals surface area contributed by atoms with Crippen molar-refractivity contribution in [2.45, 2.75) is 12.8 Å². The third-order valence-corrected chi connectivity index (χ3v) is 4.51. The van der Waals surface area contributed by atoms with Crippen molar-refractivity contribution in [2.24, 2.45) is 11.7 Å². The Morgan fingerprint density at radius 3 is 2.46 bits per heavy atom. The second kappa shape index (κ2) is 7.86. The van der Waals surface area contributed by atoms with Crippen LogP contribution in [0.2, 0.25) is 0 Å². The number of esters is 1. The zero-order valence-electron chi connectivity index (χ0n) is 14.3. The Labute approximate surface area is 151 Å². The highest BCUT2D eigenvalue weighted by molar-refractivity contribution is 5.91. The average molecular weight is 355 g/mol. The average Bonchev–Trinajstić information content (AvgIpc) is 3.21. The summed E-state index contributed by atoms with van der Waals surface area (Å²) in [4.78, 5) is 37.1. The van der Waals surface area contributed by atoms with Gasteiger partial charge in [-0.15, -0.1) is 0 Å². The fourth-order valence-corrected chi connectivity index (χ4v) is 3.01. The summed E-state index contributed by atoms with van der Waals surface area (Å²) in [6.07, 6.45) is 5.22. The molecule has 1 saturated heterocycles. The van der Waals surface area contributed by atoms with Gasteiger partial charge in [-0.1, -0.05) is 0 Å². The fraction of sp³-hybridized carbons (Fsp3) is 0.316. The molecule has 0 unspecified atom stereocenters. The van der Waals surface area contributed by atoms with E-state index in [9.17, 15) is 14.4 Å². The molecule has 2 N–H and O–H groups in total. The molecule has 1 aliphatic heterocycles. The molecule has 0 bridgehead atoms. The number of amides is 2. The Bertz CT molecular complexity index is 784. The Hall–Kier alpha value is -3.09. The summed E-state index contributed by atoms with van der Waals surface area (Å²) in [7, 11) is 0. The van der Waals surface area contributed by atoms with Crippen LogP contribution in [0.3, 0.4) is 0 Å². The minimum absolute atomic E-state index is 0.289. The van der Waals surface area contributed by atoms with E-state index in [1.807, 2.05) is 29.1 Å². The zero-order chi connectivity index (χ0) is 18.5. The Morgan fingerprint density at radius 1 is 1.12 bits per heavy atom. The van der Waals surface area contributed by atoms with E-state index in [1.54, 1.807) is 24.3 Å². The van der Waals surface area contributed by atoms with E-state index in [4.69, 9.17) is 10.5 Å². The summed E-state index contributed by atoms with van der Waals surface area (Å²) in [5, 5.41) is 0. The summed E-state index contributed by atoms with van der Waals surface area (Å²) in [6.45, 7) is 0.493. The van der Waals surface area contributed by atoms with Crippen LogP contribution in [0.1, 0.15) is 23.2 Å². The number of rotatable bonds is 5. The lowest BCUT2D eigenvalue weighted by Crippen LogP contribution is -2.45. The molecule has 2 amide bonds. The standard InChI is InChI=1S/C19H21N3O4/c20-18(24)15-4-3-11-22(12-15)17(23)13-26-19(25)14-5-7-16(8-6-14)21-9-1-2-10-21/h1-2,5-10,15H,3-4,11-13H2,(H2,20,24)/t15-/m1/s1. The molecule has 1 fully saturated rings. The smallest absolute Gasteiger partial charge is 0.338 e. The summed E-state index contributed by atoms with van der Waals surface area (Å²) < 4.78 is 7.04. The van der Waals surface area contributed by atoms with Crippen LogP contribution in [0, 0.1) is 5.92 Å². The SMILES string of the molecule is NC(=O)[C@@H]1CCCN(C(=O)COC(=O)c2ccc(-n3cccc3)cc2)C1. The summed E-state index contributed by atoms with van der Waals surface area (Å²) >= 11 is 0. The van der Waals surface area contributed by atoms with E-state index in [0.29, 0.717) is 24.9 Å². The third kappa shape index (κ3) is 4.11. The van der Waals surface area contributed by atoms with Crippen molar-refractivity contribution in [1.29, 1.82) is 0 Å². The van der Waals surface area contributed by atoms with E-state index in [2.05, 4.69) is 0 Å². The molecule has 26 heavy (non-hydrogen) atoms. The van der Waals surface area contributed by atoms with Crippen molar-refractivity contribution >= 4 is 17.8 Å². The van der Waals surface area contributed by atoms with Gasteiger partial charge in [-0.05, 0) is 49.2 Å². The number of nitrogens with two attached hydrogens (primary N) is 1. The lowest BCUT2D eigenvalue weighted by molar-refractivity contribution is -0.137. The van der Waals surface area contributed by atoms with Crippen molar-refractivity contribution in [2.75, 3.05) is 19.7 Å². The minimum Gasteiger partial charge on any atom is -0.452 e. The molecule has 1 aromatic carbocycles. The normalized spacial score (nSPS) is 16.9. The van der Waals surface area contributed by atoms with Gasteiger partial charge in [0.05, 0.1) is 11.5 Å². The molecule has 7 heteroatoms. The summed E-state index contributed by atoms with van der Waals surface area (Å²) in [5.41, 5.74) is 6.61. The van der Waals surface area contributed by atoms with Crippen LogP contribution in [-0.2, 0) is 14.3 Å². The molecular weight excluding hydrogens is 334 g/mol. The van der Waals surface area contributed by atoms with Crippen LogP contribution >= 0.6 is 0 Å². The number of ether oxygens (including phenoxy) is 1. The first-order valence-electron chi connectivity index (χ1n) is 8.52. The molecule has 1 aromatic heterocycles. The van der Waals surface area contributed by atoms with Crippen molar-refractivity contribution in [3.8, 4) is 5.69 Å². The molecule has 136 valence electrons. The monoisotopic (exact) mass is 355 g/mol. The fourth-order valence-electron chi connectivity index (χ4n) is 3.01. The second-order valence-corrected chi connectivity index (χ2v) is 6.29. The molecule has 3 rings (SSSR count). The second-order valence-electron chi connectivity index (χ2n) is 6.29. The number of hydrogen-bond acceptors (Lipinski definition) is 4. The van der Waals surface area contributed by atoms with Gasteiger partial charge >= 0.3 is 5.97 Å². The Morgan fingerprint density at radius 2 is 1.81 bits per heavy atom. The van der Waals surface area contributed by atoms with Gasteiger partial charge in [0.15, 0.2) is 6.61 Å². The summed E-state index contributed by atoms with van der Waals surface area (Å²) in [6, 6.07) is 10.8. The van der Waals surface area contributed by atoms with Gasteiger partial charge in [0, 0.05) is 31.2 Å². The van der Waals surface area contributed by atoms with Crippen molar-refractivity contribution in [3.05, 3.63) is 54.4 Å². The number of piperidine rings is 1. The molecule has 0 aliphatic carbocycles. The molecule has 1 atom stereocenters. The lowest BCUT2D eigenvalue weighted by atomic mass is 9.97. The molecule has 0 saturated carbocycles. The van der Waals surface area contributed by atoms with Crippen LogP contribution in [0.25, 0.3) is 5.69 Å². The number of nitrogens with zero attached hydrogens (tertiary/aromatic N) is 2. The van der Waals surface area contributed by atoms with E-state index in [-0.39, 0.29) is 25.0 Å². The predicted octanol–water partition coefficient (Wildman–Crippen LogP) is 1.36. The van der Waals surface area contributed by atoms with Gasteiger partial charge in [0.1, 0.15) is 0 Å². The van der Waals surface area contributed by atoms with E-state index in [0.717, 1.165) is 5.69 Å². The predicted molar refractivity (Wildman–Crippen MR) is 94.5 cm³/mol. The minimum atomic E-state index is -0.555. The lowest BCUT2D eigenvalue weighted by Gasteiger charge is -2.31. The summed E-state index contributed by atoms with van der Waals surface area (Å²) in [5.74, 6) is -1.60. The highest BCUT2D eigenvalue weighted by Gasteiger charge is 2.27. The first-order chi connectivity index (χ1) is 12.5. The molecule has 2 heterocycles. The van der Waals surface area contributed by atoms with Crippen LogP contribution < -0.4 is 5.73 Å². The van der Waals surface area contributed by atoms with E-state index < -0.39 is 11.9 Å². The maximum atomic E-state index is 12.2. The highest BCUT2D eigenvalue weighted by Crippen LogP contribution is 2.16. The number of carbonyl (C=O) groups excluding carboxylic acids is 3. The number of benzene rings is 1. The van der Waals surface area contributed by atoms with Crippen molar-refractivity contribution in [1.82, 2.24) is 9.47 Å². The van der Waals surface area contributed by atoms with E-state index in [1.165, 1.54) is 4.90 Å². The number of primary amides is 1. The molecule has 1 aliphatic rings. The van der Waals surface area contributed by atoms with Gasteiger partial charge in [0.25, 0.3) is 5.91 Å². The van der Waals surface area contributed by atoms with Gasteiger partial charge in [-0.25, -0.2) is 4.79 Å². The topological polar surface area (TPSA) is 94.6 Å². The van der Waals surface area contributed by atoms with Crippen molar-refractivity contribution in [3.63, 3.8) is 0 Å². The van der Waals surface area contributed by atoms with Gasteiger partial charge < -0.3 is 19.9 Å². The van der Waals surface area contributed by atoms with Gasteiger partial charge in [-0.3, -0.25) is 9.59 Å². The number of carbonyl (C=O) groups is 3. The highest BCUT2D eigenvalue weighted by atomic mass is 16.5. The van der Waals surface area contributed by atoms with E-state index >= 15 is 0 Å². The van der Waals surface area contributed by atoms with Crippen LogP contribution in [0.5, 0.6) is 0 Å². The van der Waals surface area contributed by atoms with Gasteiger partial charge in [-0.2, -0.15) is 0 Å². The van der Waals surface area contributed by atoms with Crippen LogP contribution in [0.4, 0.5) is 0 Å². The van der Waals surface area contributed by atoms with Crippen LogP contribution in [0.15, 0.2) is 48.8 Å².